The van der Waals surface area contributed by atoms with Gasteiger partial charge < -0.3 is 10.5 Å². The van der Waals surface area contributed by atoms with E-state index in [0.29, 0.717) is 31.1 Å². The highest BCUT2D eigenvalue weighted by Gasteiger charge is 2.39. The zero-order valence-corrected chi connectivity index (χ0v) is 14.0. The molecule has 0 saturated carbocycles. The number of halogens is 2. The molecule has 0 atom stereocenters. The molecule has 1 aromatic rings. The van der Waals surface area contributed by atoms with Crippen molar-refractivity contribution < 1.29 is 17.9 Å². The van der Waals surface area contributed by atoms with E-state index in [1.807, 2.05) is 0 Å². The lowest BCUT2D eigenvalue weighted by Gasteiger charge is -2.34. The number of sulfonamides is 1. The highest BCUT2D eigenvalue weighted by molar-refractivity contribution is 7.89. The van der Waals surface area contributed by atoms with Crippen LogP contribution in [0.25, 0.3) is 0 Å². The number of nitrogens with two attached hydrogens (primary N) is 1. The third-order valence-electron chi connectivity index (χ3n) is 3.76. The lowest BCUT2D eigenvalue weighted by atomic mass is 9.80. The first-order chi connectivity index (χ1) is 10.3. The van der Waals surface area contributed by atoms with Crippen molar-refractivity contribution in [2.45, 2.75) is 17.7 Å². The number of benzene rings is 1. The second kappa shape index (κ2) is 6.72. The van der Waals surface area contributed by atoms with E-state index in [-0.39, 0.29) is 16.5 Å². The van der Waals surface area contributed by atoms with E-state index < -0.39 is 21.3 Å². The lowest BCUT2D eigenvalue weighted by molar-refractivity contribution is -0.132. The largest absolute Gasteiger partial charge is 0.381 e. The number of primary amides is 1. The number of ether oxygens (including phenoxy) is 1. The first-order valence-corrected chi connectivity index (χ1v) is 8.83. The zero-order valence-electron chi connectivity index (χ0n) is 11.6. The Morgan fingerprint density at radius 1 is 1.32 bits per heavy atom. The van der Waals surface area contributed by atoms with Crippen LogP contribution in [-0.4, -0.2) is 34.1 Å². The summed E-state index contributed by atoms with van der Waals surface area (Å²) in [6.45, 7) is 0.645. The Bertz CT molecular complexity index is 673. The van der Waals surface area contributed by atoms with Gasteiger partial charge in [0, 0.05) is 24.8 Å². The van der Waals surface area contributed by atoms with Crippen LogP contribution in [0.2, 0.25) is 10.0 Å². The van der Waals surface area contributed by atoms with Crippen LogP contribution in [0.4, 0.5) is 0 Å². The number of rotatable bonds is 5. The van der Waals surface area contributed by atoms with Crippen molar-refractivity contribution in [3.8, 4) is 0 Å². The molecule has 0 bridgehead atoms. The predicted octanol–water partition coefficient (Wildman–Crippen LogP) is 1.55. The number of hydrogen-bond acceptors (Lipinski definition) is 4. The zero-order chi connectivity index (χ0) is 16.4. The van der Waals surface area contributed by atoms with E-state index in [1.54, 1.807) is 0 Å². The second-order valence-electron chi connectivity index (χ2n) is 5.16. The van der Waals surface area contributed by atoms with Gasteiger partial charge in [-0.3, -0.25) is 4.79 Å². The topological polar surface area (TPSA) is 98.5 Å². The van der Waals surface area contributed by atoms with Crippen LogP contribution in [0, 0.1) is 5.41 Å². The maximum Gasteiger partial charge on any atom is 0.242 e. The van der Waals surface area contributed by atoms with Crippen LogP contribution in [0.15, 0.2) is 23.1 Å². The highest BCUT2D eigenvalue weighted by Crippen LogP contribution is 2.31. The molecule has 0 unspecified atom stereocenters. The number of amides is 1. The summed E-state index contributed by atoms with van der Waals surface area (Å²) < 4.78 is 32.3. The lowest BCUT2D eigenvalue weighted by Crippen LogP contribution is -2.49. The second-order valence-corrected chi connectivity index (χ2v) is 7.74. The van der Waals surface area contributed by atoms with E-state index in [0.717, 1.165) is 0 Å². The molecule has 1 heterocycles. The maximum atomic E-state index is 12.3. The Labute approximate surface area is 139 Å². The van der Waals surface area contributed by atoms with Crippen molar-refractivity contribution >= 4 is 39.1 Å². The summed E-state index contributed by atoms with van der Waals surface area (Å²) in [5.74, 6) is -0.541. The normalized spacial score (nSPS) is 18.1. The number of nitrogens with one attached hydrogen (secondary N) is 1. The van der Waals surface area contributed by atoms with Crippen LogP contribution < -0.4 is 10.5 Å². The molecular formula is C13H16Cl2N2O4S. The molecule has 1 saturated heterocycles. The minimum Gasteiger partial charge on any atom is -0.381 e. The fourth-order valence-corrected chi connectivity index (χ4v) is 4.17. The van der Waals surface area contributed by atoms with Crippen molar-refractivity contribution in [3.05, 3.63) is 28.2 Å². The summed E-state index contributed by atoms with van der Waals surface area (Å²) in [6.07, 6.45) is 0.748. The van der Waals surface area contributed by atoms with Crippen molar-refractivity contribution in [2.75, 3.05) is 19.8 Å². The standard InChI is InChI=1S/C13H16Cl2N2O4S/c14-9-1-2-11(10(15)7-9)22(19,20)17-8-13(12(16)18)3-5-21-6-4-13/h1-2,7,17H,3-6,8H2,(H2,16,18). The molecule has 1 aliphatic rings. The average Bonchev–Trinajstić information content (AvgIpc) is 2.45. The minimum atomic E-state index is -3.87. The molecule has 2 rings (SSSR count). The van der Waals surface area contributed by atoms with Gasteiger partial charge in [-0.1, -0.05) is 23.2 Å². The van der Waals surface area contributed by atoms with E-state index in [2.05, 4.69) is 4.72 Å². The first-order valence-electron chi connectivity index (χ1n) is 6.59. The molecule has 1 amide bonds. The fraction of sp³-hybridized carbons (Fsp3) is 0.462. The van der Waals surface area contributed by atoms with Crippen molar-refractivity contribution in [3.63, 3.8) is 0 Å². The monoisotopic (exact) mass is 366 g/mol. The third kappa shape index (κ3) is 3.72. The molecule has 1 aliphatic heterocycles. The SMILES string of the molecule is NC(=O)C1(CNS(=O)(=O)c2ccc(Cl)cc2Cl)CCOCC1. The van der Waals surface area contributed by atoms with Gasteiger partial charge in [-0.25, -0.2) is 13.1 Å². The molecule has 1 aromatic carbocycles. The van der Waals surface area contributed by atoms with Gasteiger partial charge >= 0.3 is 0 Å². The molecule has 9 heteroatoms. The summed E-state index contributed by atoms with van der Waals surface area (Å²) >= 11 is 11.7. The summed E-state index contributed by atoms with van der Waals surface area (Å²) in [4.78, 5) is 11.6. The fourth-order valence-electron chi connectivity index (χ4n) is 2.28. The van der Waals surface area contributed by atoms with Crippen LogP contribution in [0.1, 0.15) is 12.8 Å². The van der Waals surface area contributed by atoms with E-state index in [4.69, 9.17) is 33.7 Å². The van der Waals surface area contributed by atoms with Crippen LogP contribution in [0.5, 0.6) is 0 Å². The molecule has 122 valence electrons. The van der Waals surface area contributed by atoms with Gasteiger partial charge in [0.05, 0.1) is 10.4 Å². The quantitative estimate of drug-likeness (QED) is 0.825. The Morgan fingerprint density at radius 2 is 1.95 bits per heavy atom. The minimum absolute atomic E-state index is 0.0140. The molecule has 6 nitrogen and oxygen atoms in total. The number of carbonyl (C=O) groups excluding carboxylic acids is 1. The van der Waals surface area contributed by atoms with E-state index in [1.165, 1.54) is 18.2 Å². The van der Waals surface area contributed by atoms with E-state index >= 15 is 0 Å². The summed E-state index contributed by atoms with van der Waals surface area (Å²) in [7, 11) is -3.87. The first kappa shape index (κ1) is 17.5. The molecule has 22 heavy (non-hydrogen) atoms. The summed E-state index contributed by atoms with van der Waals surface area (Å²) in [5, 5.41) is 0.349. The Balaban J connectivity index is 2.19. The van der Waals surface area contributed by atoms with Gasteiger partial charge in [0.15, 0.2) is 0 Å². The van der Waals surface area contributed by atoms with E-state index in [9.17, 15) is 13.2 Å². The number of hydrogen-bond donors (Lipinski definition) is 2. The van der Waals surface area contributed by atoms with Gasteiger partial charge in [-0.05, 0) is 31.0 Å². The van der Waals surface area contributed by atoms with Crippen LogP contribution in [-0.2, 0) is 19.6 Å². The molecule has 0 aliphatic carbocycles. The van der Waals surface area contributed by atoms with Crippen LogP contribution >= 0.6 is 23.2 Å². The van der Waals surface area contributed by atoms with Gasteiger partial charge in [0.1, 0.15) is 4.90 Å². The molecule has 3 N–H and O–H groups in total. The smallest absolute Gasteiger partial charge is 0.242 e. The molecule has 0 spiro atoms. The predicted molar refractivity (Wildman–Crippen MR) is 83.3 cm³/mol. The summed E-state index contributed by atoms with van der Waals surface area (Å²) in [5.41, 5.74) is 4.51. The van der Waals surface area contributed by atoms with Gasteiger partial charge in [0.2, 0.25) is 15.9 Å². The molecule has 0 aromatic heterocycles. The van der Waals surface area contributed by atoms with Crippen molar-refractivity contribution in [1.29, 1.82) is 0 Å². The van der Waals surface area contributed by atoms with Crippen molar-refractivity contribution in [1.82, 2.24) is 4.72 Å². The Kier molecular flexibility index (Phi) is 5.34. The molecule has 1 fully saturated rings. The maximum absolute atomic E-state index is 12.3. The molecule has 0 radical (unpaired) electrons. The highest BCUT2D eigenvalue weighted by atomic mass is 35.5. The van der Waals surface area contributed by atoms with Gasteiger partial charge in [0.25, 0.3) is 0 Å². The third-order valence-corrected chi connectivity index (χ3v) is 5.88. The average molecular weight is 367 g/mol. The van der Waals surface area contributed by atoms with Gasteiger partial charge in [-0.15, -0.1) is 0 Å². The Morgan fingerprint density at radius 3 is 2.50 bits per heavy atom. The van der Waals surface area contributed by atoms with Gasteiger partial charge in [-0.2, -0.15) is 0 Å². The van der Waals surface area contributed by atoms with Crippen molar-refractivity contribution in [2.24, 2.45) is 11.1 Å². The van der Waals surface area contributed by atoms with Crippen LogP contribution in [0.3, 0.4) is 0 Å². The molecular weight excluding hydrogens is 351 g/mol. The summed E-state index contributed by atoms with van der Waals surface area (Å²) in [6, 6.07) is 4.09. The Hall–Kier alpha value is -0.860. The number of carbonyl (C=O) groups is 1.